The number of nitrogens with zero attached hydrogens (tertiary/aromatic N) is 3. The van der Waals surface area contributed by atoms with Crippen molar-refractivity contribution in [3.63, 3.8) is 0 Å². The van der Waals surface area contributed by atoms with E-state index in [1.165, 1.54) is 11.3 Å². The van der Waals surface area contributed by atoms with Gasteiger partial charge in [0.1, 0.15) is 4.88 Å². The number of hydrogen-bond acceptors (Lipinski definition) is 6. The van der Waals surface area contributed by atoms with Crippen molar-refractivity contribution in [1.29, 1.82) is 0 Å². The molecule has 2 atom stereocenters. The van der Waals surface area contributed by atoms with Gasteiger partial charge in [-0.1, -0.05) is 0 Å². The van der Waals surface area contributed by atoms with Crippen LogP contribution in [0.5, 0.6) is 0 Å². The molecule has 1 saturated heterocycles. The summed E-state index contributed by atoms with van der Waals surface area (Å²) in [6.45, 7) is 4.83. The number of aryl methyl sites for hydroxylation is 2. The Morgan fingerprint density at radius 1 is 1.33 bits per heavy atom. The quantitative estimate of drug-likeness (QED) is 0.806. The number of thiazole rings is 1. The van der Waals surface area contributed by atoms with Gasteiger partial charge in [0.15, 0.2) is 0 Å². The first-order chi connectivity index (χ1) is 13.0. The van der Waals surface area contributed by atoms with Gasteiger partial charge in [0.2, 0.25) is 5.91 Å². The zero-order chi connectivity index (χ0) is 19.4. The van der Waals surface area contributed by atoms with Crippen LogP contribution in [0.1, 0.15) is 32.4 Å². The second kappa shape index (κ2) is 8.58. The van der Waals surface area contributed by atoms with E-state index >= 15 is 0 Å². The number of piperidine rings is 1. The molecule has 8 heteroatoms. The predicted molar refractivity (Wildman–Crippen MR) is 103 cm³/mol. The van der Waals surface area contributed by atoms with Crippen LogP contribution in [0.2, 0.25) is 0 Å². The van der Waals surface area contributed by atoms with Crippen LogP contribution in [0.15, 0.2) is 24.5 Å². The lowest BCUT2D eigenvalue weighted by atomic mass is 9.93. The van der Waals surface area contributed by atoms with Crippen molar-refractivity contribution in [3.05, 3.63) is 45.7 Å². The molecule has 0 unspecified atom stereocenters. The molecule has 0 bridgehead atoms. The Labute approximate surface area is 162 Å². The SMILES string of the molecule is Cc1nc(C)c(C(=O)N2CC[C@@H](O)[C@@H](C(=O)NCCc3ccncc3)C2)s1. The third-order valence-corrected chi connectivity index (χ3v) is 5.82. The lowest BCUT2D eigenvalue weighted by Crippen LogP contribution is -2.51. The Morgan fingerprint density at radius 2 is 2.07 bits per heavy atom. The molecule has 1 aliphatic heterocycles. The van der Waals surface area contributed by atoms with Crippen LogP contribution in [0, 0.1) is 19.8 Å². The molecule has 1 fully saturated rings. The van der Waals surface area contributed by atoms with E-state index in [-0.39, 0.29) is 18.4 Å². The van der Waals surface area contributed by atoms with E-state index in [0.29, 0.717) is 36.5 Å². The molecule has 144 valence electrons. The van der Waals surface area contributed by atoms with Gasteiger partial charge in [-0.05, 0) is 44.4 Å². The highest BCUT2D eigenvalue weighted by Crippen LogP contribution is 2.24. The van der Waals surface area contributed by atoms with Gasteiger partial charge in [0, 0.05) is 32.0 Å². The van der Waals surface area contributed by atoms with Gasteiger partial charge in [0.25, 0.3) is 5.91 Å². The zero-order valence-corrected chi connectivity index (χ0v) is 16.3. The van der Waals surface area contributed by atoms with Crippen LogP contribution in [0.25, 0.3) is 0 Å². The number of aliphatic hydroxyl groups is 1. The molecule has 2 aromatic rings. The van der Waals surface area contributed by atoms with Gasteiger partial charge >= 0.3 is 0 Å². The second-order valence-electron chi connectivity index (χ2n) is 6.76. The smallest absolute Gasteiger partial charge is 0.265 e. The van der Waals surface area contributed by atoms with Crippen molar-refractivity contribution in [2.45, 2.75) is 32.8 Å². The number of rotatable bonds is 5. The Morgan fingerprint density at radius 3 is 2.74 bits per heavy atom. The molecule has 2 amide bonds. The maximum atomic E-state index is 12.8. The van der Waals surface area contributed by atoms with Crippen molar-refractivity contribution in [2.75, 3.05) is 19.6 Å². The number of likely N-dealkylation sites (tertiary alicyclic amines) is 1. The van der Waals surface area contributed by atoms with E-state index in [4.69, 9.17) is 0 Å². The van der Waals surface area contributed by atoms with Gasteiger partial charge in [-0.15, -0.1) is 11.3 Å². The van der Waals surface area contributed by atoms with Crippen molar-refractivity contribution in [2.24, 2.45) is 5.92 Å². The average molecular weight is 388 g/mol. The Hall–Kier alpha value is -2.32. The molecule has 2 N–H and O–H groups in total. The summed E-state index contributed by atoms with van der Waals surface area (Å²) in [5, 5.41) is 14.0. The van der Waals surface area contributed by atoms with E-state index in [1.54, 1.807) is 17.3 Å². The van der Waals surface area contributed by atoms with Gasteiger partial charge in [-0.2, -0.15) is 0 Å². The van der Waals surface area contributed by atoms with Crippen molar-refractivity contribution >= 4 is 23.2 Å². The number of hydrogen-bond donors (Lipinski definition) is 2. The first kappa shape index (κ1) is 19.4. The molecule has 1 aliphatic rings. The summed E-state index contributed by atoms with van der Waals surface area (Å²) in [6, 6.07) is 3.81. The molecular formula is C19H24N4O3S. The average Bonchev–Trinajstić information content (AvgIpc) is 3.00. The van der Waals surface area contributed by atoms with Gasteiger partial charge in [-0.25, -0.2) is 4.98 Å². The Balaban J connectivity index is 1.58. The lowest BCUT2D eigenvalue weighted by molar-refractivity contribution is -0.130. The van der Waals surface area contributed by atoms with Crippen molar-refractivity contribution in [3.8, 4) is 0 Å². The Bertz CT molecular complexity index is 809. The standard InChI is InChI=1S/C19H24N4O3S/c1-12-17(27-13(2)22-12)19(26)23-10-6-16(24)15(11-23)18(25)21-9-5-14-3-7-20-8-4-14/h3-4,7-8,15-16,24H,5-6,9-11H2,1-2H3,(H,21,25)/t15-,16+/m0/s1. The highest BCUT2D eigenvalue weighted by atomic mass is 32.1. The summed E-state index contributed by atoms with van der Waals surface area (Å²) in [6.07, 6.45) is 3.78. The van der Waals surface area contributed by atoms with Crippen LogP contribution in [0.4, 0.5) is 0 Å². The number of nitrogens with one attached hydrogen (secondary N) is 1. The number of carbonyl (C=O) groups is 2. The number of amides is 2. The summed E-state index contributed by atoms with van der Waals surface area (Å²) in [5.41, 5.74) is 1.80. The molecule has 27 heavy (non-hydrogen) atoms. The number of pyridine rings is 1. The van der Waals surface area contributed by atoms with Gasteiger partial charge in [0.05, 0.1) is 22.7 Å². The minimum absolute atomic E-state index is 0.111. The topological polar surface area (TPSA) is 95.4 Å². The summed E-state index contributed by atoms with van der Waals surface area (Å²) >= 11 is 1.37. The highest BCUT2D eigenvalue weighted by molar-refractivity contribution is 7.13. The predicted octanol–water partition coefficient (Wildman–Crippen LogP) is 1.34. The van der Waals surface area contributed by atoms with E-state index in [1.807, 2.05) is 26.0 Å². The summed E-state index contributed by atoms with van der Waals surface area (Å²) < 4.78 is 0. The van der Waals surface area contributed by atoms with Gasteiger partial charge in [-0.3, -0.25) is 14.6 Å². The fourth-order valence-electron chi connectivity index (χ4n) is 3.27. The van der Waals surface area contributed by atoms with Crippen molar-refractivity contribution in [1.82, 2.24) is 20.2 Å². The third-order valence-electron chi connectivity index (χ3n) is 4.76. The fraction of sp³-hybridized carbons (Fsp3) is 0.474. The minimum atomic E-state index is -0.737. The maximum absolute atomic E-state index is 12.8. The van der Waals surface area contributed by atoms with Crippen LogP contribution in [-0.2, 0) is 11.2 Å². The molecule has 3 heterocycles. The lowest BCUT2D eigenvalue weighted by Gasteiger charge is -2.35. The molecule has 0 spiro atoms. The number of aliphatic hydroxyl groups excluding tert-OH is 1. The first-order valence-electron chi connectivity index (χ1n) is 9.03. The monoisotopic (exact) mass is 388 g/mol. The largest absolute Gasteiger partial charge is 0.392 e. The zero-order valence-electron chi connectivity index (χ0n) is 15.5. The molecule has 7 nitrogen and oxygen atoms in total. The molecule has 3 rings (SSSR count). The first-order valence-corrected chi connectivity index (χ1v) is 9.85. The van der Waals surface area contributed by atoms with E-state index in [9.17, 15) is 14.7 Å². The maximum Gasteiger partial charge on any atom is 0.265 e. The highest BCUT2D eigenvalue weighted by Gasteiger charge is 2.36. The minimum Gasteiger partial charge on any atom is -0.392 e. The summed E-state index contributed by atoms with van der Waals surface area (Å²) in [4.78, 5) is 35.9. The fourth-order valence-corrected chi connectivity index (χ4v) is 4.15. The van der Waals surface area contributed by atoms with E-state index in [2.05, 4.69) is 15.3 Å². The molecule has 0 aromatic carbocycles. The van der Waals surface area contributed by atoms with Crippen LogP contribution >= 0.6 is 11.3 Å². The summed E-state index contributed by atoms with van der Waals surface area (Å²) in [5.74, 6) is -0.944. The van der Waals surface area contributed by atoms with Crippen LogP contribution < -0.4 is 5.32 Å². The van der Waals surface area contributed by atoms with E-state index in [0.717, 1.165) is 10.6 Å². The molecule has 0 radical (unpaired) electrons. The van der Waals surface area contributed by atoms with Crippen molar-refractivity contribution < 1.29 is 14.7 Å². The van der Waals surface area contributed by atoms with E-state index < -0.39 is 12.0 Å². The van der Waals surface area contributed by atoms with Crippen LogP contribution in [-0.4, -0.2) is 57.5 Å². The number of aromatic nitrogens is 2. The molecular weight excluding hydrogens is 364 g/mol. The van der Waals surface area contributed by atoms with Gasteiger partial charge < -0.3 is 15.3 Å². The summed E-state index contributed by atoms with van der Waals surface area (Å²) in [7, 11) is 0. The molecule has 2 aromatic heterocycles. The Kier molecular flexibility index (Phi) is 6.18. The normalized spacial score (nSPS) is 19.7. The third kappa shape index (κ3) is 4.70. The number of carbonyl (C=O) groups excluding carboxylic acids is 2. The van der Waals surface area contributed by atoms with Crippen LogP contribution in [0.3, 0.4) is 0 Å². The molecule has 0 aliphatic carbocycles. The second-order valence-corrected chi connectivity index (χ2v) is 7.96. The molecule has 0 saturated carbocycles.